The molecule has 1 aliphatic carbocycles. The molecule has 2 nitrogen and oxygen atoms in total. The standard InChI is InChI=1S/C15H20FNO/c1-10-2-7-14(16)13(8-10)15(18)12-5-3-11(9-17)4-6-12/h2,7-8,11-12H,3-6,9,17H2,1H3. The summed E-state index contributed by atoms with van der Waals surface area (Å²) in [6.45, 7) is 2.57. The van der Waals surface area contributed by atoms with Crippen molar-refractivity contribution in [3.8, 4) is 0 Å². The molecule has 3 heteroatoms. The summed E-state index contributed by atoms with van der Waals surface area (Å²) in [5.41, 5.74) is 6.82. The van der Waals surface area contributed by atoms with E-state index in [0.717, 1.165) is 31.2 Å². The number of ketones is 1. The van der Waals surface area contributed by atoms with Crippen molar-refractivity contribution >= 4 is 5.78 Å². The number of carbonyl (C=O) groups excluding carboxylic acids is 1. The van der Waals surface area contributed by atoms with Crippen molar-refractivity contribution in [1.29, 1.82) is 0 Å². The van der Waals surface area contributed by atoms with Crippen LogP contribution in [-0.2, 0) is 0 Å². The maximum absolute atomic E-state index is 13.7. The molecule has 0 spiro atoms. The molecule has 1 saturated carbocycles. The Hall–Kier alpha value is -1.22. The Kier molecular flexibility index (Phi) is 4.12. The Morgan fingerprint density at radius 2 is 2.00 bits per heavy atom. The molecule has 0 saturated heterocycles. The van der Waals surface area contributed by atoms with Gasteiger partial charge in [0, 0.05) is 5.92 Å². The lowest BCUT2D eigenvalue weighted by molar-refractivity contribution is 0.0869. The molecule has 0 amide bonds. The first-order valence-electron chi connectivity index (χ1n) is 6.62. The van der Waals surface area contributed by atoms with E-state index in [9.17, 15) is 9.18 Å². The maximum Gasteiger partial charge on any atom is 0.168 e. The molecule has 0 aliphatic heterocycles. The van der Waals surface area contributed by atoms with Crippen molar-refractivity contribution in [3.63, 3.8) is 0 Å². The molecule has 1 aromatic carbocycles. The first-order valence-corrected chi connectivity index (χ1v) is 6.62. The van der Waals surface area contributed by atoms with Gasteiger partial charge in [-0.05, 0) is 57.2 Å². The number of halogens is 1. The molecule has 2 N–H and O–H groups in total. The third-order valence-electron chi connectivity index (χ3n) is 3.94. The second kappa shape index (κ2) is 5.61. The fourth-order valence-electron chi connectivity index (χ4n) is 2.71. The van der Waals surface area contributed by atoms with Gasteiger partial charge in [0.25, 0.3) is 0 Å². The number of carbonyl (C=O) groups is 1. The first-order chi connectivity index (χ1) is 8.61. The van der Waals surface area contributed by atoms with Crippen molar-refractivity contribution in [2.75, 3.05) is 6.54 Å². The van der Waals surface area contributed by atoms with Gasteiger partial charge in [0.1, 0.15) is 5.82 Å². The van der Waals surface area contributed by atoms with Crippen LogP contribution in [0.4, 0.5) is 4.39 Å². The summed E-state index contributed by atoms with van der Waals surface area (Å²) in [7, 11) is 0. The third-order valence-corrected chi connectivity index (χ3v) is 3.94. The van der Waals surface area contributed by atoms with Gasteiger partial charge in [-0.1, -0.05) is 11.6 Å². The molecule has 0 radical (unpaired) electrons. The van der Waals surface area contributed by atoms with Gasteiger partial charge in [0.05, 0.1) is 5.56 Å². The van der Waals surface area contributed by atoms with Gasteiger partial charge in [-0.2, -0.15) is 0 Å². The van der Waals surface area contributed by atoms with Crippen LogP contribution in [0.5, 0.6) is 0 Å². The molecular weight excluding hydrogens is 229 g/mol. The monoisotopic (exact) mass is 249 g/mol. The number of Topliss-reactive ketones (excluding diaryl/α,β-unsaturated/α-hetero) is 1. The van der Waals surface area contributed by atoms with E-state index < -0.39 is 5.82 Å². The number of rotatable bonds is 3. The van der Waals surface area contributed by atoms with Crippen molar-refractivity contribution in [2.24, 2.45) is 17.6 Å². The largest absolute Gasteiger partial charge is 0.330 e. The lowest BCUT2D eigenvalue weighted by Crippen LogP contribution is -2.26. The van der Waals surface area contributed by atoms with Crippen LogP contribution in [0, 0.1) is 24.6 Å². The van der Waals surface area contributed by atoms with Gasteiger partial charge in [-0.25, -0.2) is 4.39 Å². The van der Waals surface area contributed by atoms with Gasteiger partial charge in [-0.15, -0.1) is 0 Å². The third kappa shape index (κ3) is 2.78. The second-order valence-corrected chi connectivity index (χ2v) is 5.30. The Morgan fingerprint density at radius 3 is 2.61 bits per heavy atom. The quantitative estimate of drug-likeness (QED) is 0.836. The van der Waals surface area contributed by atoms with Gasteiger partial charge in [-0.3, -0.25) is 4.79 Å². The molecule has 0 aromatic heterocycles. The molecule has 1 fully saturated rings. The molecule has 2 rings (SSSR count). The molecule has 0 unspecified atom stereocenters. The minimum atomic E-state index is -0.397. The van der Waals surface area contributed by atoms with Crippen LogP contribution in [0.2, 0.25) is 0 Å². The van der Waals surface area contributed by atoms with Gasteiger partial charge in [0.15, 0.2) is 5.78 Å². The van der Waals surface area contributed by atoms with Crippen molar-refractivity contribution < 1.29 is 9.18 Å². The summed E-state index contributed by atoms with van der Waals surface area (Å²) in [5.74, 6) is 0.0822. The van der Waals surface area contributed by atoms with Crippen LogP contribution in [0.15, 0.2) is 18.2 Å². The van der Waals surface area contributed by atoms with Crippen LogP contribution in [0.1, 0.15) is 41.6 Å². The Labute approximate surface area is 107 Å². The van der Waals surface area contributed by atoms with E-state index in [2.05, 4.69) is 0 Å². The molecular formula is C15H20FNO. The summed E-state index contributed by atoms with van der Waals surface area (Å²) >= 11 is 0. The molecule has 0 atom stereocenters. The summed E-state index contributed by atoms with van der Waals surface area (Å²) in [4.78, 5) is 12.3. The number of benzene rings is 1. The van der Waals surface area contributed by atoms with Gasteiger partial charge in [0.2, 0.25) is 0 Å². The van der Waals surface area contributed by atoms with Gasteiger partial charge < -0.3 is 5.73 Å². The average Bonchev–Trinajstić information content (AvgIpc) is 2.41. The minimum absolute atomic E-state index is 0.0240. The predicted molar refractivity (Wildman–Crippen MR) is 70.0 cm³/mol. The molecule has 98 valence electrons. The van der Waals surface area contributed by atoms with E-state index in [1.807, 2.05) is 6.92 Å². The zero-order chi connectivity index (χ0) is 13.1. The second-order valence-electron chi connectivity index (χ2n) is 5.30. The lowest BCUT2D eigenvalue weighted by atomic mass is 9.78. The van der Waals surface area contributed by atoms with Crippen LogP contribution in [0.3, 0.4) is 0 Å². The van der Waals surface area contributed by atoms with E-state index in [-0.39, 0.29) is 17.3 Å². The fraction of sp³-hybridized carbons (Fsp3) is 0.533. The maximum atomic E-state index is 13.7. The Bertz CT molecular complexity index is 436. The van der Waals surface area contributed by atoms with E-state index in [1.54, 1.807) is 12.1 Å². The highest BCUT2D eigenvalue weighted by atomic mass is 19.1. The average molecular weight is 249 g/mol. The smallest absolute Gasteiger partial charge is 0.168 e. The number of aryl methyl sites for hydroxylation is 1. The SMILES string of the molecule is Cc1ccc(F)c(C(=O)C2CCC(CN)CC2)c1. The normalized spacial score (nSPS) is 23.9. The van der Waals surface area contributed by atoms with Crippen molar-refractivity contribution in [1.82, 2.24) is 0 Å². The summed E-state index contributed by atoms with van der Waals surface area (Å²) in [5, 5.41) is 0. The fourth-order valence-corrected chi connectivity index (χ4v) is 2.71. The van der Waals surface area contributed by atoms with Crippen molar-refractivity contribution in [2.45, 2.75) is 32.6 Å². The number of hydrogen-bond donors (Lipinski definition) is 1. The summed E-state index contributed by atoms with van der Waals surface area (Å²) in [6.07, 6.45) is 3.66. The number of nitrogens with two attached hydrogens (primary N) is 1. The van der Waals surface area contributed by atoms with Crippen LogP contribution >= 0.6 is 0 Å². The van der Waals surface area contributed by atoms with E-state index >= 15 is 0 Å². The van der Waals surface area contributed by atoms with E-state index in [0.29, 0.717) is 12.5 Å². The highest BCUT2D eigenvalue weighted by Crippen LogP contribution is 2.31. The van der Waals surface area contributed by atoms with Crippen molar-refractivity contribution in [3.05, 3.63) is 35.1 Å². The van der Waals surface area contributed by atoms with E-state index in [1.165, 1.54) is 6.07 Å². The minimum Gasteiger partial charge on any atom is -0.330 e. The molecule has 0 heterocycles. The predicted octanol–water partition coefficient (Wildman–Crippen LogP) is 3.08. The van der Waals surface area contributed by atoms with E-state index in [4.69, 9.17) is 5.73 Å². The molecule has 18 heavy (non-hydrogen) atoms. The lowest BCUT2D eigenvalue weighted by Gasteiger charge is -2.26. The highest BCUT2D eigenvalue weighted by molar-refractivity contribution is 5.98. The molecule has 1 aromatic rings. The first kappa shape index (κ1) is 13.2. The highest BCUT2D eigenvalue weighted by Gasteiger charge is 2.27. The zero-order valence-electron chi connectivity index (χ0n) is 10.8. The summed E-state index contributed by atoms with van der Waals surface area (Å²) < 4.78 is 13.7. The molecule has 1 aliphatic rings. The Morgan fingerprint density at radius 1 is 1.33 bits per heavy atom. The Balaban J connectivity index is 2.10. The number of hydrogen-bond acceptors (Lipinski definition) is 2. The molecule has 0 bridgehead atoms. The topological polar surface area (TPSA) is 43.1 Å². The van der Waals surface area contributed by atoms with Gasteiger partial charge >= 0.3 is 0 Å². The van der Waals surface area contributed by atoms with Crippen LogP contribution in [0.25, 0.3) is 0 Å². The zero-order valence-corrected chi connectivity index (χ0v) is 10.8. The van der Waals surface area contributed by atoms with Crippen LogP contribution < -0.4 is 5.73 Å². The summed E-state index contributed by atoms with van der Waals surface area (Å²) in [6, 6.07) is 4.73. The van der Waals surface area contributed by atoms with Crippen LogP contribution in [-0.4, -0.2) is 12.3 Å².